The first-order valence-electron chi connectivity index (χ1n) is 8.62. The van der Waals surface area contributed by atoms with Gasteiger partial charge in [-0.1, -0.05) is 24.3 Å². The number of hydrogen-bond donors (Lipinski definition) is 2. The molecule has 136 valence electrons. The first kappa shape index (κ1) is 17.3. The number of aliphatic hydroxyl groups is 2. The Hall–Kier alpha value is -3.09. The summed E-state index contributed by atoms with van der Waals surface area (Å²) in [5, 5.41) is 20.3. The second kappa shape index (κ2) is 7.26. The van der Waals surface area contributed by atoms with Gasteiger partial charge in [0.2, 0.25) is 0 Å². The van der Waals surface area contributed by atoms with Gasteiger partial charge in [-0.05, 0) is 29.8 Å². The van der Waals surface area contributed by atoms with Crippen molar-refractivity contribution in [1.82, 2.24) is 4.98 Å². The van der Waals surface area contributed by atoms with Crippen LogP contribution in [0.5, 0.6) is 5.75 Å². The van der Waals surface area contributed by atoms with Crippen LogP contribution in [0.2, 0.25) is 0 Å². The predicted octanol–water partition coefficient (Wildman–Crippen LogP) is 2.48. The summed E-state index contributed by atoms with van der Waals surface area (Å²) in [6.07, 6.45) is 0. The fraction of sp³-hybridized carbons (Fsp3) is 0.190. The number of fused-ring (bicyclic) bond motifs is 1. The van der Waals surface area contributed by atoms with E-state index in [0.717, 1.165) is 22.2 Å². The van der Waals surface area contributed by atoms with Gasteiger partial charge in [0.1, 0.15) is 18.1 Å². The van der Waals surface area contributed by atoms with Gasteiger partial charge in [-0.2, -0.15) is 0 Å². The van der Waals surface area contributed by atoms with Crippen molar-refractivity contribution in [3.05, 3.63) is 70.9 Å². The van der Waals surface area contributed by atoms with Crippen LogP contribution in [0, 0.1) is 0 Å². The average Bonchev–Trinajstić information content (AvgIpc) is 3.22. The number of aliphatic hydroxyl groups excluding tert-OH is 2. The third-order valence-electron chi connectivity index (χ3n) is 4.65. The number of aliphatic imine (C=N–C) groups is 2. The Kier molecular flexibility index (Phi) is 4.66. The minimum atomic E-state index is -0.209. The van der Waals surface area contributed by atoms with Gasteiger partial charge in [0.05, 0.1) is 37.2 Å². The molecular weight excluding hydrogens is 342 g/mol. The van der Waals surface area contributed by atoms with E-state index in [2.05, 4.69) is 9.98 Å². The Morgan fingerprint density at radius 1 is 0.963 bits per heavy atom. The number of ether oxygens (including phenoxy) is 1. The van der Waals surface area contributed by atoms with Crippen LogP contribution >= 0.6 is 0 Å². The third kappa shape index (κ3) is 3.09. The first-order chi connectivity index (χ1) is 13.2. The molecule has 6 nitrogen and oxygen atoms in total. The van der Waals surface area contributed by atoms with Crippen LogP contribution in [-0.4, -0.2) is 40.4 Å². The summed E-state index contributed by atoms with van der Waals surface area (Å²) in [5.74, 6) is 0.513. The van der Waals surface area contributed by atoms with Crippen LogP contribution in [0.25, 0.3) is 10.9 Å². The summed E-state index contributed by atoms with van der Waals surface area (Å²) in [5.41, 5.74) is 5.02. The maximum Gasteiger partial charge on any atom is 0.131 e. The molecule has 0 bridgehead atoms. The number of benzene rings is 2. The number of hydrogen-bond acceptors (Lipinski definition) is 6. The second-order valence-electron chi connectivity index (χ2n) is 6.18. The van der Waals surface area contributed by atoms with E-state index in [1.807, 2.05) is 48.5 Å². The van der Waals surface area contributed by atoms with Crippen molar-refractivity contribution >= 4 is 22.3 Å². The maximum atomic E-state index is 9.69. The summed E-state index contributed by atoms with van der Waals surface area (Å²) >= 11 is 0. The molecule has 4 rings (SSSR count). The molecule has 1 aliphatic rings. The number of nitrogens with zero attached hydrogens (tertiary/aromatic N) is 3. The predicted molar refractivity (Wildman–Crippen MR) is 105 cm³/mol. The Labute approximate surface area is 156 Å². The highest BCUT2D eigenvalue weighted by atomic mass is 16.5. The van der Waals surface area contributed by atoms with E-state index in [1.165, 1.54) is 7.11 Å². The molecule has 2 N–H and O–H groups in total. The molecular formula is C21H19N3O3. The zero-order valence-corrected chi connectivity index (χ0v) is 14.9. The summed E-state index contributed by atoms with van der Waals surface area (Å²) in [7, 11) is 1.54. The topological polar surface area (TPSA) is 87.3 Å². The summed E-state index contributed by atoms with van der Waals surface area (Å²) in [4.78, 5) is 13.8. The number of para-hydroxylation sites is 1. The molecule has 2 heterocycles. The van der Waals surface area contributed by atoms with Crippen LogP contribution in [0.4, 0.5) is 0 Å². The van der Waals surface area contributed by atoms with E-state index in [1.54, 1.807) is 0 Å². The highest BCUT2D eigenvalue weighted by Crippen LogP contribution is 2.27. The van der Waals surface area contributed by atoms with E-state index < -0.39 is 0 Å². The van der Waals surface area contributed by atoms with Gasteiger partial charge >= 0.3 is 0 Å². The standard InChI is InChI=1S/C21H19N3O3/c1-27-19-9-14(8-15(10-25)16(19)11-26)20-21(23-12-22-20)18-7-6-13-4-2-3-5-17(13)24-18/h2-9,25-26H,10-12H2,1H3. The fourth-order valence-electron chi connectivity index (χ4n) is 3.30. The normalized spacial score (nSPS) is 13.6. The molecule has 1 aliphatic heterocycles. The number of pyridine rings is 1. The summed E-state index contributed by atoms with van der Waals surface area (Å²) in [6.45, 7) is -0.0786. The van der Waals surface area contributed by atoms with Gasteiger partial charge in [0.25, 0.3) is 0 Å². The van der Waals surface area contributed by atoms with Crippen LogP contribution in [-0.2, 0) is 13.2 Å². The Morgan fingerprint density at radius 3 is 2.56 bits per heavy atom. The Bertz CT molecular complexity index is 1050. The quantitative estimate of drug-likeness (QED) is 0.731. The SMILES string of the molecule is COc1cc(C2=NCN=C2c2ccc3ccccc3n2)cc(CO)c1CO. The van der Waals surface area contributed by atoms with Gasteiger partial charge in [-0.15, -0.1) is 0 Å². The highest BCUT2D eigenvalue weighted by Gasteiger charge is 2.22. The zero-order chi connectivity index (χ0) is 18.8. The van der Waals surface area contributed by atoms with Crippen molar-refractivity contribution in [2.45, 2.75) is 13.2 Å². The van der Waals surface area contributed by atoms with Crippen molar-refractivity contribution in [3.8, 4) is 5.75 Å². The van der Waals surface area contributed by atoms with E-state index in [9.17, 15) is 10.2 Å². The number of methoxy groups -OCH3 is 1. The Balaban J connectivity index is 1.79. The van der Waals surface area contributed by atoms with Gasteiger partial charge in [0, 0.05) is 16.5 Å². The van der Waals surface area contributed by atoms with Crippen molar-refractivity contribution < 1.29 is 14.9 Å². The van der Waals surface area contributed by atoms with E-state index >= 15 is 0 Å². The maximum absolute atomic E-state index is 9.69. The lowest BCUT2D eigenvalue weighted by Crippen LogP contribution is -2.16. The van der Waals surface area contributed by atoms with E-state index in [4.69, 9.17) is 9.72 Å². The molecule has 0 fully saturated rings. The molecule has 0 atom stereocenters. The second-order valence-corrected chi connectivity index (χ2v) is 6.18. The molecule has 0 aliphatic carbocycles. The average molecular weight is 361 g/mol. The smallest absolute Gasteiger partial charge is 0.131 e. The van der Waals surface area contributed by atoms with Crippen molar-refractivity contribution in [2.24, 2.45) is 9.98 Å². The van der Waals surface area contributed by atoms with Gasteiger partial charge in [-0.25, -0.2) is 4.98 Å². The number of rotatable bonds is 5. The molecule has 27 heavy (non-hydrogen) atoms. The van der Waals surface area contributed by atoms with Gasteiger partial charge in [-0.3, -0.25) is 9.98 Å². The largest absolute Gasteiger partial charge is 0.496 e. The molecule has 0 spiro atoms. The lowest BCUT2D eigenvalue weighted by Gasteiger charge is -2.14. The Morgan fingerprint density at radius 2 is 1.78 bits per heavy atom. The lowest BCUT2D eigenvalue weighted by molar-refractivity contribution is 0.254. The summed E-state index contributed by atoms with van der Waals surface area (Å²) in [6, 6.07) is 15.5. The lowest BCUT2D eigenvalue weighted by atomic mass is 9.97. The molecule has 0 amide bonds. The molecule has 1 aromatic heterocycles. The van der Waals surface area contributed by atoms with Crippen molar-refractivity contribution in [2.75, 3.05) is 13.8 Å². The molecule has 0 unspecified atom stereocenters. The summed E-state index contributed by atoms with van der Waals surface area (Å²) < 4.78 is 5.40. The van der Waals surface area contributed by atoms with Crippen LogP contribution < -0.4 is 4.74 Å². The minimum Gasteiger partial charge on any atom is -0.496 e. The van der Waals surface area contributed by atoms with Crippen LogP contribution in [0.15, 0.2) is 58.5 Å². The van der Waals surface area contributed by atoms with Crippen LogP contribution in [0.1, 0.15) is 22.4 Å². The van der Waals surface area contributed by atoms with Crippen molar-refractivity contribution in [1.29, 1.82) is 0 Å². The fourth-order valence-corrected chi connectivity index (χ4v) is 3.30. The van der Waals surface area contributed by atoms with Crippen LogP contribution in [0.3, 0.4) is 0 Å². The molecule has 6 heteroatoms. The van der Waals surface area contributed by atoms with Gasteiger partial charge in [0.15, 0.2) is 0 Å². The highest BCUT2D eigenvalue weighted by molar-refractivity contribution is 6.54. The molecule has 3 aromatic rings. The molecule has 0 saturated heterocycles. The molecule has 0 radical (unpaired) electrons. The van der Waals surface area contributed by atoms with E-state index in [-0.39, 0.29) is 13.2 Å². The van der Waals surface area contributed by atoms with E-state index in [0.29, 0.717) is 35.0 Å². The first-order valence-corrected chi connectivity index (χ1v) is 8.62. The molecule has 0 saturated carbocycles. The van der Waals surface area contributed by atoms with Gasteiger partial charge < -0.3 is 14.9 Å². The monoisotopic (exact) mass is 361 g/mol. The zero-order valence-electron chi connectivity index (χ0n) is 14.9. The number of aromatic nitrogens is 1. The van der Waals surface area contributed by atoms with Crippen molar-refractivity contribution in [3.63, 3.8) is 0 Å². The minimum absolute atomic E-state index is 0.200. The third-order valence-corrected chi connectivity index (χ3v) is 4.65. The molecule has 2 aromatic carbocycles.